The summed E-state index contributed by atoms with van der Waals surface area (Å²) in [5.41, 5.74) is 1.94. The minimum absolute atomic E-state index is 0.0168. The van der Waals surface area contributed by atoms with Crippen LogP contribution in [0.3, 0.4) is 0 Å². The van der Waals surface area contributed by atoms with Crippen LogP contribution in [0.2, 0.25) is 0 Å². The van der Waals surface area contributed by atoms with Gasteiger partial charge in [0.05, 0.1) is 11.5 Å². The average molecular weight is 457 g/mol. The van der Waals surface area contributed by atoms with Crippen molar-refractivity contribution >= 4 is 5.97 Å². The number of rotatable bonds is 1. The fourth-order valence-corrected chi connectivity index (χ4v) is 10.5. The molecule has 0 aliphatic heterocycles. The second-order valence-corrected chi connectivity index (χ2v) is 14.9. The van der Waals surface area contributed by atoms with Gasteiger partial charge in [-0.15, -0.1) is 0 Å². The average Bonchev–Trinajstić information content (AvgIpc) is 2.73. The molecule has 0 amide bonds. The van der Waals surface area contributed by atoms with Crippen LogP contribution in [0.5, 0.6) is 0 Å². The van der Waals surface area contributed by atoms with Crippen molar-refractivity contribution in [2.24, 2.45) is 50.2 Å². The van der Waals surface area contributed by atoms with E-state index in [0.717, 1.165) is 38.5 Å². The molecule has 0 aromatic carbocycles. The van der Waals surface area contributed by atoms with Gasteiger partial charge in [-0.3, -0.25) is 4.79 Å². The van der Waals surface area contributed by atoms with Gasteiger partial charge in [0.15, 0.2) is 0 Å². The number of aliphatic carboxylic acids is 1. The molecular weight excluding hydrogens is 408 g/mol. The number of aliphatic hydroxyl groups excluding tert-OH is 1. The van der Waals surface area contributed by atoms with Crippen LogP contribution >= 0.6 is 0 Å². The van der Waals surface area contributed by atoms with Crippen LogP contribution < -0.4 is 0 Å². The molecule has 0 saturated heterocycles. The number of hydrogen-bond donors (Lipinski definition) is 2. The Morgan fingerprint density at radius 1 is 0.879 bits per heavy atom. The van der Waals surface area contributed by atoms with Crippen molar-refractivity contribution < 1.29 is 15.0 Å². The molecule has 9 atom stereocenters. The Morgan fingerprint density at radius 3 is 2.21 bits per heavy atom. The second-order valence-electron chi connectivity index (χ2n) is 14.9. The summed E-state index contributed by atoms with van der Waals surface area (Å²) in [6, 6.07) is 0. The number of carbonyl (C=O) groups is 1. The van der Waals surface area contributed by atoms with E-state index in [4.69, 9.17) is 0 Å². The van der Waals surface area contributed by atoms with E-state index in [1.165, 1.54) is 25.7 Å². The van der Waals surface area contributed by atoms with Gasteiger partial charge in [0.2, 0.25) is 0 Å². The molecule has 0 unspecified atom stereocenters. The monoisotopic (exact) mass is 456 g/mol. The first-order valence-corrected chi connectivity index (χ1v) is 13.8. The van der Waals surface area contributed by atoms with Gasteiger partial charge in [0.1, 0.15) is 0 Å². The summed E-state index contributed by atoms with van der Waals surface area (Å²) in [7, 11) is 0. The molecular formula is C30H48O3. The standard InChI is InChI=1S/C30H48O3/c1-25(2)21-10-13-30(7)22(28(21,5)12-11-23(25)31)9-8-19-20-18-27(4,24(32)33)15-14-26(20,3)16-17-29(19,30)6/h8,20-23,31H,9-18H2,1-7H3,(H,32,33)/t20-,21-,22+,23+,26+,27-,28-,29+,30+/m0/s1. The van der Waals surface area contributed by atoms with Crippen LogP contribution in [0.4, 0.5) is 0 Å². The van der Waals surface area contributed by atoms with Crippen LogP contribution in [0.15, 0.2) is 11.6 Å². The number of carboxylic acid groups (broad SMARTS) is 1. The Hall–Kier alpha value is -0.830. The molecule has 0 radical (unpaired) electrons. The van der Waals surface area contributed by atoms with E-state index >= 15 is 0 Å². The van der Waals surface area contributed by atoms with Gasteiger partial charge in [-0.2, -0.15) is 0 Å². The van der Waals surface area contributed by atoms with Gasteiger partial charge < -0.3 is 10.2 Å². The summed E-state index contributed by atoms with van der Waals surface area (Å²) in [6.07, 6.45) is 13.2. The number of hydrogen-bond acceptors (Lipinski definition) is 2. The number of aliphatic hydroxyl groups is 1. The van der Waals surface area contributed by atoms with Crippen LogP contribution in [-0.2, 0) is 4.79 Å². The minimum atomic E-state index is -0.603. The molecule has 3 nitrogen and oxygen atoms in total. The molecule has 5 rings (SSSR count). The predicted octanol–water partition coefficient (Wildman–Crippen LogP) is 7.23. The Kier molecular flexibility index (Phi) is 4.99. The first-order valence-electron chi connectivity index (χ1n) is 13.8. The topological polar surface area (TPSA) is 57.5 Å². The van der Waals surface area contributed by atoms with Gasteiger partial charge in [0, 0.05) is 0 Å². The number of allylic oxidation sites excluding steroid dienone is 2. The third-order valence-electron chi connectivity index (χ3n) is 13.3. The SMILES string of the molecule is CC1(C)[C@H](O)CC[C@]2(C)[C@H]3CC=C4[C@@H]5C[C@@](C)(C(=O)O)CC[C@]5(C)CC[C@@]4(C)[C@]3(C)CC[C@@H]12. The lowest BCUT2D eigenvalue weighted by atomic mass is 9.33. The molecule has 0 heterocycles. The van der Waals surface area contributed by atoms with Crippen molar-refractivity contribution in [3.05, 3.63) is 11.6 Å². The number of carboxylic acids is 1. The van der Waals surface area contributed by atoms with Gasteiger partial charge in [0.25, 0.3) is 0 Å². The summed E-state index contributed by atoms with van der Waals surface area (Å²) in [5, 5.41) is 20.9. The van der Waals surface area contributed by atoms with E-state index in [2.05, 4.69) is 47.6 Å². The van der Waals surface area contributed by atoms with E-state index in [0.29, 0.717) is 17.8 Å². The van der Waals surface area contributed by atoms with E-state index in [-0.39, 0.29) is 33.2 Å². The van der Waals surface area contributed by atoms with Gasteiger partial charge >= 0.3 is 5.97 Å². The lowest BCUT2D eigenvalue weighted by Gasteiger charge is -2.71. The summed E-state index contributed by atoms with van der Waals surface area (Å²) in [5.74, 6) is 1.01. The van der Waals surface area contributed by atoms with Crippen LogP contribution in [0.25, 0.3) is 0 Å². The summed E-state index contributed by atoms with van der Waals surface area (Å²) >= 11 is 0. The molecule has 2 N–H and O–H groups in total. The first kappa shape index (κ1) is 23.9. The van der Waals surface area contributed by atoms with E-state index in [1.54, 1.807) is 5.57 Å². The Labute approximate surface area is 201 Å². The van der Waals surface area contributed by atoms with Gasteiger partial charge in [-0.1, -0.05) is 53.2 Å². The molecule has 0 spiro atoms. The van der Waals surface area contributed by atoms with Crippen molar-refractivity contribution in [1.82, 2.24) is 0 Å². The van der Waals surface area contributed by atoms with Crippen molar-refractivity contribution in [1.29, 1.82) is 0 Å². The highest BCUT2D eigenvalue weighted by Gasteiger charge is 2.68. The van der Waals surface area contributed by atoms with E-state index in [9.17, 15) is 15.0 Å². The lowest BCUT2D eigenvalue weighted by molar-refractivity contribution is -0.203. The highest BCUT2D eigenvalue weighted by Crippen LogP contribution is 2.75. The fraction of sp³-hybridized carbons (Fsp3) is 0.900. The van der Waals surface area contributed by atoms with Crippen molar-refractivity contribution in [2.45, 2.75) is 119 Å². The van der Waals surface area contributed by atoms with Crippen molar-refractivity contribution in [3.8, 4) is 0 Å². The highest BCUT2D eigenvalue weighted by atomic mass is 16.4. The minimum Gasteiger partial charge on any atom is -0.481 e. The maximum Gasteiger partial charge on any atom is 0.309 e. The summed E-state index contributed by atoms with van der Waals surface area (Å²) < 4.78 is 0. The highest BCUT2D eigenvalue weighted by molar-refractivity contribution is 5.74. The van der Waals surface area contributed by atoms with E-state index in [1.807, 2.05) is 6.92 Å². The largest absolute Gasteiger partial charge is 0.481 e. The van der Waals surface area contributed by atoms with Crippen molar-refractivity contribution in [2.75, 3.05) is 0 Å². The molecule has 0 bridgehead atoms. The van der Waals surface area contributed by atoms with Gasteiger partial charge in [-0.05, 0) is 116 Å². The smallest absolute Gasteiger partial charge is 0.309 e. The Bertz CT molecular complexity index is 889. The first-order chi connectivity index (χ1) is 15.1. The predicted molar refractivity (Wildman–Crippen MR) is 133 cm³/mol. The Morgan fingerprint density at radius 2 is 1.55 bits per heavy atom. The third kappa shape index (κ3) is 2.87. The molecule has 33 heavy (non-hydrogen) atoms. The number of fused-ring (bicyclic) bond motifs is 7. The lowest BCUT2D eigenvalue weighted by Crippen LogP contribution is -2.64. The zero-order valence-electron chi connectivity index (χ0n) is 22.3. The van der Waals surface area contributed by atoms with E-state index < -0.39 is 11.4 Å². The second kappa shape index (κ2) is 6.89. The van der Waals surface area contributed by atoms with Crippen LogP contribution in [-0.4, -0.2) is 22.3 Å². The fourth-order valence-electron chi connectivity index (χ4n) is 10.5. The van der Waals surface area contributed by atoms with Crippen LogP contribution in [0.1, 0.15) is 113 Å². The maximum absolute atomic E-state index is 12.2. The molecule has 5 aliphatic carbocycles. The quantitative estimate of drug-likeness (QED) is 0.409. The van der Waals surface area contributed by atoms with Gasteiger partial charge in [-0.25, -0.2) is 0 Å². The molecule has 4 fully saturated rings. The molecule has 186 valence electrons. The maximum atomic E-state index is 12.2. The molecule has 0 aromatic heterocycles. The molecule has 5 aliphatic rings. The summed E-state index contributed by atoms with van der Waals surface area (Å²) in [6.45, 7) is 16.8. The van der Waals surface area contributed by atoms with Crippen molar-refractivity contribution in [3.63, 3.8) is 0 Å². The zero-order chi connectivity index (χ0) is 24.2. The zero-order valence-corrected chi connectivity index (χ0v) is 22.3. The third-order valence-corrected chi connectivity index (χ3v) is 13.3. The molecule has 0 aromatic rings. The molecule has 3 heteroatoms. The molecule has 4 saturated carbocycles. The van der Waals surface area contributed by atoms with Crippen LogP contribution in [0, 0.1) is 50.2 Å². The normalized spacial score (nSPS) is 55.3. The Balaban J connectivity index is 1.57. The summed E-state index contributed by atoms with van der Waals surface area (Å²) in [4.78, 5) is 12.2.